The van der Waals surface area contributed by atoms with E-state index in [1.54, 1.807) is 0 Å². The molecule has 0 bridgehead atoms. The molecule has 1 N–H and O–H groups in total. The molecular formula is C5H3ClFNO3S. The van der Waals surface area contributed by atoms with Gasteiger partial charge in [-0.3, -0.25) is 0 Å². The smallest absolute Gasteiger partial charge is 0.265 e. The Kier molecular flexibility index (Phi) is 2.20. The number of aromatic nitrogens is 1. The monoisotopic (exact) mass is 211 g/mol. The van der Waals surface area contributed by atoms with Crippen molar-refractivity contribution in [3.05, 3.63) is 18.2 Å². The lowest BCUT2D eigenvalue weighted by Crippen LogP contribution is -1.94. The molecule has 1 aromatic rings. The second-order valence-electron chi connectivity index (χ2n) is 1.91. The highest BCUT2D eigenvalue weighted by molar-refractivity contribution is 8.13. The lowest BCUT2D eigenvalue weighted by molar-refractivity contribution is 0.449. The third kappa shape index (κ3) is 1.83. The molecule has 0 aliphatic heterocycles. The van der Waals surface area contributed by atoms with Crippen molar-refractivity contribution in [2.24, 2.45) is 0 Å². The average Bonchev–Trinajstić information content (AvgIpc) is 1.92. The minimum atomic E-state index is -4.11. The second kappa shape index (κ2) is 2.87. The highest BCUT2D eigenvalue weighted by Crippen LogP contribution is 2.24. The highest BCUT2D eigenvalue weighted by Gasteiger charge is 2.16. The molecule has 1 aromatic heterocycles. The van der Waals surface area contributed by atoms with Gasteiger partial charge in [-0.05, 0) is 0 Å². The minimum Gasteiger partial charge on any atom is -0.505 e. The van der Waals surface area contributed by atoms with Crippen LogP contribution in [0.3, 0.4) is 0 Å². The van der Waals surface area contributed by atoms with E-state index in [-0.39, 0.29) is 0 Å². The first kappa shape index (κ1) is 9.21. The molecule has 0 atom stereocenters. The fourth-order valence-electron chi connectivity index (χ4n) is 0.601. The van der Waals surface area contributed by atoms with E-state index in [2.05, 4.69) is 4.98 Å². The molecule has 7 heteroatoms. The van der Waals surface area contributed by atoms with Gasteiger partial charge in [0.25, 0.3) is 9.05 Å². The first-order valence-corrected chi connectivity index (χ1v) is 5.01. The molecule has 0 saturated carbocycles. The molecule has 12 heavy (non-hydrogen) atoms. The Morgan fingerprint density at radius 3 is 2.58 bits per heavy atom. The molecule has 0 amide bonds. The van der Waals surface area contributed by atoms with Crippen molar-refractivity contribution in [2.75, 3.05) is 0 Å². The van der Waals surface area contributed by atoms with Gasteiger partial charge in [-0.2, -0.15) is 4.39 Å². The summed E-state index contributed by atoms with van der Waals surface area (Å²) in [4.78, 5) is 2.33. The molecule has 0 unspecified atom stereocenters. The zero-order chi connectivity index (χ0) is 9.35. The van der Waals surface area contributed by atoms with E-state index in [4.69, 9.17) is 15.8 Å². The average molecular weight is 212 g/mol. The number of rotatable bonds is 1. The van der Waals surface area contributed by atoms with Gasteiger partial charge in [0, 0.05) is 16.7 Å². The third-order valence-corrected chi connectivity index (χ3v) is 2.43. The van der Waals surface area contributed by atoms with Crippen LogP contribution in [-0.4, -0.2) is 18.5 Å². The second-order valence-corrected chi connectivity index (χ2v) is 4.45. The van der Waals surface area contributed by atoms with Crippen LogP contribution in [0.2, 0.25) is 0 Å². The molecule has 0 aromatic carbocycles. The maximum atomic E-state index is 12.3. The molecule has 0 spiro atoms. The Morgan fingerprint density at radius 2 is 2.17 bits per heavy atom. The standard InChI is InChI=1S/C5H3ClFNO3S/c6-12(10,11)4-1-5(7)8-2-3(4)9/h1-2,9H. The van der Waals surface area contributed by atoms with Crippen LogP contribution < -0.4 is 0 Å². The summed E-state index contributed by atoms with van der Waals surface area (Å²) in [6.07, 6.45) is 0.671. The fraction of sp³-hybridized carbons (Fsp3) is 0. The topological polar surface area (TPSA) is 67.3 Å². The van der Waals surface area contributed by atoms with Gasteiger partial charge in [-0.15, -0.1) is 0 Å². The lowest BCUT2D eigenvalue weighted by Gasteiger charge is -1.98. The molecular weight excluding hydrogens is 209 g/mol. The SMILES string of the molecule is O=S(=O)(Cl)c1cc(F)ncc1O. The third-order valence-electron chi connectivity index (χ3n) is 1.08. The van der Waals surface area contributed by atoms with Crippen LogP contribution in [0.4, 0.5) is 4.39 Å². The lowest BCUT2D eigenvalue weighted by atomic mass is 10.4. The number of hydrogen-bond donors (Lipinski definition) is 1. The first-order chi connectivity index (χ1) is 5.41. The van der Waals surface area contributed by atoms with Crippen LogP contribution >= 0.6 is 10.7 Å². The molecule has 1 rings (SSSR count). The van der Waals surface area contributed by atoms with Crippen LogP contribution in [0.15, 0.2) is 17.2 Å². The van der Waals surface area contributed by atoms with E-state index in [0.29, 0.717) is 12.3 Å². The number of aromatic hydroxyl groups is 1. The molecule has 0 aliphatic carbocycles. The van der Waals surface area contributed by atoms with Crippen LogP contribution in [0.25, 0.3) is 0 Å². The van der Waals surface area contributed by atoms with Gasteiger partial charge in [-0.1, -0.05) is 0 Å². The first-order valence-electron chi connectivity index (χ1n) is 2.70. The molecule has 1 heterocycles. The molecule has 0 radical (unpaired) electrons. The van der Waals surface area contributed by atoms with Crippen LogP contribution in [0, 0.1) is 5.95 Å². The Morgan fingerprint density at radius 1 is 1.58 bits per heavy atom. The summed E-state index contributed by atoms with van der Waals surface area (Å²) in [6.45, 7) is 0. The van der Waals surface area contributed by atoms with Crippen molar-refractivity contribution in [1.82, 2.24) is 4.98 Å². The minimum absolute atomic E-state index is 0.539. The molecule has 0 fully saturated rings. The summed E-state index contributed by atoms with van der Waals surface area (Å²) in [5.74, 6) is -1.70. The van der Waals surface area contributed by atoms with Gasteiger partial charge in [0.1, 0.15) is 4.90 Å². The van der Waals surface area contributed by atoms with Crippen molar-refractivity contribution in [2.45, 2.75) is 4.90 Å². The number of hydrogen-bond acceptors (Lipinski definition) is 4. The largest absolute Gasteiger partial charge is 0.505 e. The van der Waals surface area contributed by atoms with Crippen LogP contribution in [0.5, 0.6) is 5.75 Å². The van der Waals surface area contributed by atoms with Gasteiger partial charge in [0.2, 0.25) is 5.95 Å². The van der Waals surface area contributed by atoms with Gasteiger partial charge >= 0.3 is 0 Å². The Labute approximate surface area is 72.0 Å². The number of halogens is 2. The summed E-state index contributed by atoms with van der Waals surface area (Å²) in [5.41, 5.74) is 0. The van der Waals surface area contributed by atoms with Crippen molar-refractivity contribution < 1.29 is 17.9 Å². The molecule has 66 valence electrons. The van der Waals surface area contributed by atoms with E-state index < -0.39 is 25.6 Å². The summed E-state index contributed by atoms with van der Waals surface area (Å²) < 4.78 is 33.6. The fourth-order valence-corrected chi connectivity index (χ4v) is 1.51. The summed E-state index contributed by atoms with van der Waals surface area (Å²) in [5, 5.41) is 8.88. The zero-order valence-electron chi connectivity index (χ0n) is 5.53. The van der Waals surface area contributed by atoms with E-state index in [1.165, 1.54) is 0 Å². The van der Waals surface area contributed by atoms with E-state index >= 15 is 0 Å². The van der Waals surface area contributed by atoms with E-state index in [0.717, 1.165) is 0 Å². The Hall–Kier alpha value is -0.880. The van der Waals surface area contributed by atoms with Gasteiger partial charge < -0.3 is 5.11 Å². The van der Waals surface area contributed by atoms with Crippen LogP contribution in [-0.2, 0) is 9.05 Å². The summed E-state index contributed by atoms with van der Waals surface area (Å²) >= 11 is 0. The normalized spacial score (nSPS) is 11.5. The maximum Gasteiger partial charge on any atom is 0.265 e. The van der Waals surface area contributed by atoms with Gasteiger partial charge in [-0.25, -0.2) is 13.4 Å². The zero-order valence-corrected chi connectivity index (χ0v) is 7.10. The maximum absolute atomic E-state index is 12.3. The van der Waals surface area contributed by atoms with Crippen LogP contribution in [0.1, 0.15) is 0 Å². The molecule has 0 aliphatic rings. The van der Waals surface area contributed by atoms with Gasteiger partial charge in [0.15, 0.2) is 5.75 Å². The molecule has 0 saturated heterocycles. The van der Waals surface area contributed by atoms with E-state index in [1.807, 2.05) is 0 Å². The Bertz CT molecular complexity index is 405. The number of nitrogens with zero attached hydrogens (tertiary/aromatic N) is 1. The van der Waals surface area contributed by atoms with Crippen molar-refractivity contribution >= 4 is 19.7 Å². The predicted octanol–water partition coefficient (Wildman–Crippen LogP) is 0.854. The van der Waals surface area contributed by atoms with Crippen molar-refractivity contribution in [3.8, 4) is 5.75 Å². The number of pyridine rings is 1. The highest BCUT2D eigenvalue weighted by atomic mass is 35.7. The summed E-state index contributed by atoms with van der Waals surface area (Å²) in [7, 11) is 0.740. The predicted molar refractivity (Wildman–Crippen MR) is 38.9 cm³/mol. The van der Waals surface area contributed by atoms with Gasteiger partial charge in [0.05, 0.1) is 6.20 Å². The quantitative estimate of drug-likeness (QED) is 0.553. The Balaban J connectivity index is 3.43. The van der Waals surface area contributed by atoms with Crippen molar-refractivity contribution in [3.63, 3.8) is 0 Å². The molecule has 4 nitrogen and oxygen atoms in total. The summed E-state index contributed by atoms with van der Waals surface area (Å²) in [6, 6.07) is 0.539. The van der Waals surface area contributed by atoms with Crippen molar-refractivity contribution in [1.29, 1.82) is 0 Å². The van der Waals surface area contributed by atoms with E-state index in [9.17, 15) is 12.8 Å².